The standard InChI is InChI=1S/C22H25F2N.C4H9NO.C2H6.CH4S/c1-14-8-20(15(2)22(24)9-14)21(18-10-17(11-18)13-25-3)12-16-4-6-19(23)7-5-16;1-5(2)3-4-6;2*1-2/h4-9,12,17-18,25H,10-11,13H2,1-3H3;4H,3H2,1-2H3;1-2H3;2H,1H3/b21-12+;;;. The average molecular weight is 507 g/mol. The number of allylic oxidation sites excluding steroid dienone is 1. The van der Waals surface area contributed by atoms with Crippen LogP contribution in [0.1, 0.15) is 48.9 Å². The molecule has 0 amide bonds. The van der Waals surface area contributed by atoms with Crippen molar-refractivity contribution in [3.8, 4) is 0 Å². The Balaban J connectivity index is 0.000000997. The summed E-state index contributed by atoms with van der Waals surface area (Å²) in [7, 11) is 5.69. The number of hydrogen-bond donors (Lipinski definition) is 2. The van der Waals surface area contributed by atoms with Gasteiger partial charge in [0.15, 0.2) is 0 Å². The predicted octanol–water partition coefficient (Wildman–Crippen LogP) is 6.69. The molecular weight excluding hydrogens is 462 g/mol. The lowest BCUT2D eigenvalue weighted by Gasteiger charge is -2.38. The summed E-state index contributed by atoms with van der Waals surface area (Å²) in [6.07, 6.45) is 6.87. The van der Waals surface area contributed by atoms with Gasteiger partial charge in [-0.15, -0.1) is 0 Å². The van der Waals surface area contributed by atoms with Crippen LogP contribution in [0.5, 0.6) is 0 Å². The van der Waals surface area contributed by atoms with Gasteiger partial charge >= 0.3 is 0 Å². The summed E-state index contributed by atoms with van der Waals surface area (Å²) in [5.74, 6) is 0.685. The van der Waals surface area contributed by atoms with Crippen LogP contribution in [0, 0.1) is 37.3 Å². The first-order valence-electron chi connectivity index (χ1n) is 12.2. The van der Waals surface area contributed by atoms with Crippen LogP contribution in [0.15, 0.2) is 36.4 Å². The molecule has 0 atom stereocenters. The highest BCUT2D eigenvalue weighted by molar-refractivity contribution is 7.79. The molecule has 0 heterocycles. The number of aryl methyl sites for hydroxylation is 1. The lowest BCUT2D eigenvalue weighted by molar-refractivity contribution is -0.108. The Labute approximate surface area is 217 Å². The van der Waals surface area contributed by atoms with E-state index in [-0.39, 0.29) is 11.6 Å². The molecule has 3 nitrogen and oxygen atoms in total. The first-order valence-corrected chi connectivity index (χ1v) is 13.1. The maximum absolute atomic E-state index is 14.3. The van der Waals surface area contributed by atoms with Gasteiger partial charge in [-0.1, -0.05) is 38.1 Å². The van der Waals surface area contributed by atoms with Crippen LogP contribution in [0.4, 0.5) is 8.78 Å². The maximum Gasteiger partial charge on any atom is 0.133 e. The van der Waals surface area contributed by atoms with Crippen LogP contribution < -0.4 is 5.32 Å². The third kappa shape index (κ3) is 11.5. The number of carbonyl (C=O) groups is 1. The minimum absolute atomic E-state index is 0.161. The van der Waals surface area contributed by atoms with Crippen LogP contribution >= 0.6 is 12.6 Å². The van der Waals surface area contributed by atoms with Crippen molar-refractivity contribution in [1.82, 2.24) is 10.2 Å². The van der Waals surface area contributed by atoms with Crippen LogP contribution in [0.25, 0.3) is 11.6 Å². The maximum atomic E-state index is 14.3. The summed E-state index contributed by atoms with van der Waals surface area (Å²) in [6.45, 7) is 9.31. The van der Waals surface area contributed by atoms with Crippen LogP contribution in [-0.4, -0.2) is 51.7 Å². The lowest BCUT2D eigenvalue weighted by Crippen LogP contribution is -2.32. The number of nitrogens with one attached hydrogen (secondary N) is 1. The number of likely N-dealkylation sites (N-methyl/N-ethyl adjacent to an activating group) is 1. The molecule has 196 valence electrons. The molecule has 0 bridgehead atoms. The fourth-order valence-corrected chi connectivity index (χ4v) is 3.86. The lowest BCUT2D eigenvalue weighted by atomic mass is 9.68. The highest BCUT2D eigenvalue weighted by Gasteiger charge is 2.32. The van der Waals surface area contributed by atoms with Gasteiger partial charge in [-0.3, -0.25) is 0 Å². The zero-order chi connectivity index (χ0) is 27.0. The number of aldehydes is 1. The van der Waals surface area contributed by atoms with Crippen molar-refractivity contribution in [1.29, 1.82) is 0 Å². The van der Waals surface area contributed by atoms with Gasteiger partial charge in [0, 0.05) is 0 Å². The van der Waals surface area contributed by atoms with Crippen LogP contribution in [0.2, 0.25) is 0 Å². The molecule has 2 aromatic rings. The Morgan fingerprint density at radius 2 is 1.66 bits per heavy atom. The molecule has 1 saturated carbocycles. The Bertz CT molecular complexity index is 892. The van der Waals surface area contributed by atoms with Crippen molar-refractivity contribution in [2.75, 3.05) is 40.5 Å². The van der Waals surface area contributed by atoms with E-state index in [1.807, 2.05) is 53.7 Å². The Morgan fingerprint density at radius 3 is 2.11 bits per heavy atom. The number of rotatable bonds is 7. The van der Waals surface area contributed by atoms with Gasteiger partial charge < -0.3 is 15.0 Å². The Hall–Kier alpha value is -2.02. The fourth-order valence-electron chi connectivity index (χ4n) is 3.86. The van der Waals surface area contributed by atoms with E-state index in [9.17, 15) is 13.6 Å². The van der Waals surface area contributed by atoms with Crippen LogP contribution in [-0.2, 0) is 4.79 Å². The minimum Gasteiger partial charge on any atom is -0.319 e. The molecule has 0 unspecified atom stereocenters. The highest BCUT2D eigenvalue weighted by atomic mass is 32.1. The second kappa shape index (κ2) is 18.3. The number of halogens is 2. The number of carbonyl (C=O) groups excluding carboxylic acids is 1. The normalized spacial score (nSPS) is 16.5. The van der Waals surface area contributed by atoms with E-state index in [4.69, 9.17) is 0 Å². The van der Waals surface area contributed by atoms with E-state index in [1.165, 1.54) is 17.7 Å². The van der Waals surface area contributed by atoms with E-state index in [2.05, 4.69) is 30.1 Å². The first-order chi connectivity index (χ1) is 16.7. The van der Waals surface area contributed by atoms with Crippen molar-refractivity contribution in [3.05, 3.63) is 70.3 Å². The second-order valence-corrected chi connectivity index (χ2v) is 8.59. The monoisotopic (exact) mass is 506 g/mol. The summed E-state index contributed by atoms with van der Waals surface area (Å²) in [5.41, 5.74) is 4.72. The molecule has 1 aliphatic carbocycles. The molecular formula is C29H44F2N2OS. The molecule has 3 rings (SSSR count). The van der Waals surface area contributed by atoms with Gasteiger partial charge in [-0.05, 0) is 118 Å². The van der Waals surface area contributed by atoms with Crippen LogP contribution in [0.3, 0.4) is 0 Å². The van der Waals surface area contributed by atoms with E-state index in [1.54, 1.807) is 24.5 Å². The predicted molar refractivity (Wildman–Crippen MR) is 151 cm³/mol. The third-order valence-electron chi connectivity index (χ3n) is 5.60. The van der Waals surface area contributed by atoms with Crippen molar-refractivity contribution in [2.45, 2.75) is 40.5 Å². The Morgan fingerprint density at radius 1 is 1.09 bits per heavy atom. The molecule has 6 heteroatoms. The van der Waals surface area contributed by atoms with E-state index >= 15 is 0 Å². The molecule has 1 aliphatic rings. The third-order valence-corrected chi connectivity index (χ3v) is 5.60. The van der Waals surface area contributed by atoms with Gasteiger partial charge in [-0.25, -0.2) is 8.78 Å². The molecule has 1 fully saturated rings. The van der Waals surface area contributed by atoms with Gasteiger partial charge in [0.2, 0.25) is 0 Å². The quantitative estimate of drug-likeness (QED) is 0.249. The smallest absolute Gasteiger partial charge is 0.133 e. The average Bonchev–Trinajstić information content (AvgIpc) is 2.81. The van der Waals surface area contributed by atoms with Crippen molar-refractivity contribution < 1.29 is 13.6 Å². The summed E-state index contributed by atoms with van der Waals surface area (Å²) in [5, 5.41) is 3.23. The summed E-state index contributed by atoms with van der Waals surface area (Å²) < 4.78 is 27.5. The van der Waals surface area contributed by atoms with E-state index < -0.39 is 0 Å². The van der Waals surface area contributed by atoms with Gasteiger partial charge in [0.1, 0.15) is 17.9 Å². The molecule has 1 N–H and O–H groups in total. The SMILES string of the molecule is CC.CN(C)CC=O.CNCC1CC(/C(=C\c2ccc(F)cc2)c2cc(C)cc(F)c2C)C1.CS. The second-order valence-electron chi connectivity index (χ2n) is 8.59. The van der Waals surface area contributed by atoms with Crippen molar-refractivity contribution >= 4 is 30.6 Å². The summed E-state index contributed by atoms with van der Waals surface area (Å²) in [6, 6.07) is 10.1. The van der Waals surface area contributed by atoms with Crippen molar-refractivity contribution in [2.24, 2.45) is 11.8 Å². The van der Waals surface area contributed by atoms with Gasteiger partial charge in [0.05, 0.1) is 6.54 Å². The minimum atomic E-state index is -0.241. The van der Waals surface area contributed by atoms with Gasteiger partial charge in [-0.2, -0.15) is 12.6 Å². The molecule has 0 spiro atoms. The molecule has 0 aliphatic heterocycles. The number of benzene rings is 2. The Kier molecular flexibility index (Phi) is 17.2. The van der Waals surface area contributed by atoms with Gasteiger partial charge in [0.25, 0.3) is 0 Å². The molecule has 0 radical (unpaired) electrons. The number of hydrogen-bond acceptors (Lipinski definition) is 4. The first kappa shape index (κ1) is 33.0. The zero-order valence-corrected chi connectivity index (χ0v) is 23.6. The molecule has 0 aromatic heterocycles. The zero-order valence-electron chi connectivity index (χ0n) is 22.7. The van der Waals surface area contributed by atoms with E-state index in [0.717, 1.165) is 42.4 Å². The molecule has 0 saturated heterocycles. The number of thiol groups is 1. The topological polar surface area (TPSA) is 32.3 Å². The number of nitrogens with zero attached hydrogens (tertiary/aromatic N) is 1. The summed E-state index contributed by atoms with van der Waals surface area (Å²) >= 11 is 3.53. The van der Waals surface area contributed by atoms with E-state index in [0.29, 0.717) is 23.9 Å². The molecule has 35 heavy (non-hydrogen) atoms. The highest BCUT2D eigenvalue weighted by Crippen LogP contribution is 2.44. The largest absolute Gasteiger partial charge is 0.319 e. The summed E-state index contributed by atoms with van der Waals surface area (Å²) in [4.78, 5) is 11.4. The fraction of sp³-hybridized carbons (Fsp3) is 0.483. The molecule has 2 aromatic carbocycles. The van der Waals surface area contributed by atoms with Crippen molar-refractivity contribution in [3.63, 3.8) is 0 Å².